The number of hydrogen-bond acceptors (Lipinski definition) is 4. The highest BCUT2D eigenvalue weighted by atomic mass is 32.2. The molecule has 0 atom stereocenters. The Kier molecular flexibility index (Phi) is 5.64. The number of thioether (sulfide) groups is 1. The van der Waals surface area contributed by atoms with Gasteiger partial charge in [0.1, 0.15) is 0 Å². The standard InChI is InChI=1S/C15H21N3O2S/c1-2-18(11-7-8-11)9-15(20)17-12-5-3-4-6-13(12)21-10-14(16)19/h3-6,11H,2,7-10H2,1H3,(H2,16,19)(H,17,20). The van der Waals surface area contributed by atoms with Crippen molar-refractivity contribution in [3.05, 3.63) is 24.3 Å². The molecule has 3 N–H and O–H groups in total. The van der Waals surface area contributed by atoms with E-state index in [0.29, 0.717) is 12.6 Å². The number of primary amides is 1. The zero-order valence-corrected chi connectivity index (χ0v) is 13.0. The van der Waals surface area contributed by atoms with E-state index in [4.69, 9.17) is 5.73 Å². The van der Waals surface area contributed by atoms with Crippen molar-refractivity contribution in [1.82, 2.24) is 4.90 Å². The summed E-state index contributed by atoms with van der Waals surface area (Å²) in [6.07, 6.45) is 2.37. The van der Waals surface area contributed by atoms with Crippen LogP contribution >= 0.6 is 11.8 Å². The zero-order chi connectivity index (χ0) is 15.2. The van der Waals surface area contributed by atoms with E-state index in [0.717, 1.165) is 17.1 Å². The van der Waals surface area contributed by atoms with Crippen LogP contribution in [0.5, 0.6) is 0 Å². The smallest absolute Gasteiger partial charge is 0.238 e. The second-order valence-electron chi connectivity index (χ2n) is 5.09. The lowest BCUT2D eigenvalue weighted by Gasteiger charge is -2.19. The Morgan fingerprint density at radius 2 is 2.10 bits per heavy atom. The molecule has 21 heavy (non-hydrogen) atoms. The third kappa shape index (κ3) is 5.06. The van der Waals surface area contributed by atoms with Crippen LogP contribution in [0.25, 0.3) is 0 Å². The molecular formula is C15H21N3O2S. The SMILES string of the molecule is CCN(CC(=O)Nc1ccccc1SCC(N)=O)C1CC1. The summed E-state index contributed by atoms with van der Waals surface area (Å²) in [7, 11) is 0. The highest BCUT2D eigenvalue weighted by Gasteiger charge is 2.29. The van der Waals surface area contributed by atoms with E-state index in [2.05, 4.69) is 17.1 Å². The van der Waals surface area contributed by atoms with E-state index < -0.39 is 0 Å². The minimum absolute atomic E-state index is 0.0177. The maximum Gasteiger partial charge on any atom is 0.238 e. The number of anilines is 1. The van der Waals surface area contributed by atoms with Gasteiger partial charge in [0.05, 0.1) is 18.0 Å². The number of para-hydroxylation sites is 1. The van der Waals surface area contributed by atoms with Gasteiger partial charge in [-0.15, -0.1) is 11.8 Å². The average molecular weight is 307 g/mol. The summed E-state index contributed by atoms with van der Waals surface area (Å²) in [4.78, 5) is 26.1. The van der Waals surface area contributed by atoms with Crippen LogP contribution in [0, 0.1) is 0 Å². The minimum atomic E-state index is -0.368. The molecule has 0 radical (unpaired) electrons. The molecule has 6 heteroatoms. The zero-order valence-electron chi connectivity index (χ0n) is 12.2. The molecule has 114 valence electrons. The number of rotatable bonds is 8. The molecule has 0 unspecified atom stereocenters. The molecule has 0 aliphatic heterocycles. The summed E-state index contributed by atoms with van der Waals surface area (Å²) >= 11 is 1.34. The highest BCUT2D eigenvalue weighted by Crippen LogP contribution is 2.28. The van der Waals surface area contributed by atoms with Crippen molar-refractivity contribution in [1.29, 1.82) is 0 Å². The van der Waals surface area contributed by atoms with E-state index in [1.54, 1.807) is 0 Å². The van der Waals surface area contributed by atoms with Gasteiger partial charge >= 0.3 is 0 Å². The van der Waals surface area contributed by atoms with Gasteiger partial charge in [-0.1, -0.05) is 19.1 Å². The summed E-state index contributed by atoms with van der Waals surface area (Å²) in [5, 5.41) is 2.93. The summed E-state index contributed by atoms with van der Waals surface area (Å²) < 4.78 is 0. The number of amides is 2. The molecule has 2 amide bonds. The van der Waals surface area contributed by atoms with E-state index in [9.17, 15) is 9.59 Å². The summed E-state index contributed by atoms with van der Waals surface area (Å²) in [6, 6.07) is 8.03. The largest absolute Gasteiger partial charge is 0.369 e. The second kappa shape index (κ2) is 7.47. The Bertz CT molecular complexity index is 517. The number of carbonyl (C=O) groups excluding carboxylic acids is 2. The number of nitrogens with two attached hydrogens (primary N) is 1. The van der Waals surface area contributed by atoms with Crippen molar-refractivity contribution in [3.63, 3.8) is 0 Å². The molecule has 0 spiro atoms. The van der Waals surface area contributed by atoms with Crippen LogP contribution in [-0.4, -0.2) is 41.6 Å². The van der Waals surface area contributed by atoms with E-state index in [1.165, 1.54) is 24.6 Å². The number of nitrogens with zero attached hydrogens (tertiary/aromatic N) is 1. The maximum absolute atomic E-state index is 12.2. The van der Waals surface area contributed by atoms with Gasteiger partial charge in [-0.2, -0.15) is 0 Å². The lowest BCUT2D eigenvalue weighted by atomic mass is 10.3. The molecule has 5 nitrogen and oxygen atoms in total. The van der Waals surface area contributed by atoms with Crippen LogP contribution in [0.3, 0.4) is 0 Å². The Labute approximate surface area is 129 Å². The molecule has 1 aliphatic carbocycles. The first-order valence-corrected chi connectivity index (χ1v) is 8.12. The number of nitrogens with one attached hydrogen (secondary N) is 1. The van der Waals surface area contributed by atoms with Gasteiger partial charge in [-0.25, -0.2) is 0 Å². The van der Waals surface area contributed by atoms with Crippen molar-refractivity contribution in [3.8, 4) is 0 Å². The fourth-order valence-corrected chi connectivity index (χ4v) is 2.90. The van der Waals surface area contributed by atoms with Crippen LogP contribution in [0.4, 0.5) is 5.69 Å². The summed E-state index contributed by atoms with van der Waals surface area (Å²) in [5.41, 5.74) is 5.90. The van der Waals surface area contributed by atoms with E-state index in [1.807, 2.05) is 24.3 Å². The Balaban J connectivity index is 1.94. The van der Waals surface area contributed by atoms with Gasteiger partial charge in [0, 0.05) is 10.9 Å². The van der Waals surface area contributed by atoms with Crippen molar-refractivity contribution >= 4 is 29.3 Å². The fraction of sp³-hybridized carbons (Fsp3) is 0.467. The maximum atomic E-state index is 12.2. The van der Waals surface area contributed by atoms with Crippen molar-refractivity contribution < 1.29 is 9.59 Å². The summed E-state index contributed by atoms with van der Waals surface area (Å²) in [6.45, 7) is 3.37. The predicted molar refractivity (Wildman–Crippen MR) is 85.3 cm³/mol. The third-order valence-corrected chi connectivity index (χ3v) is 4.44. The van der Waals surface area contributed by atoms with Crippen LogP contribution in [-0.2, 0) is 9.59 Å². The van der Waals surface area contributed by atoms with Crippen LogP contribution in [0.15, 0.2) is 29.2 Å². The van der Waals surface area contributed by atoms with Gasteiger partial charge in [0.2, 0.25) is 11.8 Å². The fourth-order valence-electron chi connectivity index (χ4n) is 2.16. The number of benzene rings is 1. The lowest BCUT2D eigenvalue weighted by Crippen LogP contribution is -2.34. The molecule has 1 fully saturated rings. The molecule has 1 aliphatic rings. The van der Waals surface area contributed by atoms with Crippen LogP contribution in [0.2, 0.25) is 0 Å². The van der Waals surface area contributed by atoms with Gasteiger partial charge in [-0.05, 0) is 31.5 Å². The molecule has 1 aromatic carbocycles. The third-order valence-electron chi connectivity index (χ3n) is 3.35. The second-order valence-corrected chi connectivity index (χ2v) is 6.11. The van der Waals surface area contributed by atoms with Crippen molar-refractivity contribution in [2.24, 2.45) is 5.73 Å². The first-order valence-electron chi connectivity index (χ1n) is 7.14. The molecule has 1 saturated carbocycles. The van der Waals surface area contributed by atoms with Crippen LogP contribution < -0.4 is 11.1 Å². The Morgan fingerprint density at radius 3 is 2.71 bits per heavy atom. The van der Waals surface area contributed by atoms with Gasteiger partial charge in [-0.3, -0.25) is 14.5 Å². The highest BCUT2D eigenvalue weighted by molar-refractivity contribution is 8.00. The monoisotopic (exact) mass is 307 g/mol. The molecule has 0 aromatic heterocycles. The quantitative estimate of drug-likeness (QED) is 0.717. The molecule has 0 bridgehead atoms. The van der Waals surface area contributed by atoms with Gasteiger partial charge in [0.25, 0.3) is 0 Å². The Hall–Kier alpha value is -1.53. The number of likely N-dealkylation sites (N-methyl/N-ethyl adjacent to an activating group) is 1. The Morgan fingerprint density at radius 1 is 1.38 bits per heavy atom. The topological polar surface area (TPSA) is 75.4 Å². The number of hydrogen-bond donors (Lipinski definition) is 2. The van der Waals surface area contributed by atoms with Crippen molar-refractivity contribution in [2.75, 3.05) is 24.2 Å². The minimum Gasteiger partial charge on any atom is -0.369 e. The van der Waals surface area contributed by atoms with Gasteiger partial charge < -0.3 is 11.1 Å². The van der Waals surface area contributed by atoms with E-state index >= 15 is 0 Å². The molecular weight excluding hydrogens is 286 g/mol. The average Bonchev–Trinajstić information content (AvgIpc) is 3.28. The van der Waals surface area contributed by atoms with Crippen LogP contribution in [0.1, 0.15) is 19.8 Å². The molecule has 0 heterocycles. The van der Waals surface area contributed by atoms with Gasteiger partial charge in [0.15, 0.2) is 0 Å². The number of carbonyl (C=O) groups is 2. The lowest BCUT2D eigenvalue weighted by molar-refractivity contribution is -0.117. The summed E-state index contributed by atoms with van der Waals surface area (Å²) in [5.74, 6) is -0.182. The molecule has 1 aromatic rings. The molecule has 2 rings (SSSR count). The first kappa shape index (κ1) is 15.9. The van der Waals surface area contributed by atoms with E-state index in [-0.39, 0.29) is 17.6 Å². The normalized spacial score (nSPS) is 14.2. The molecule has 0 saturated heterocycles. The first-order chi connectivity index (χ1) is 10.1. The predicted octanol–water partition coefficient (Wildman–Crippen LogP) is 1.69. The van der Waals surface area contributed by atoms with Crippen molar-refractivity contribution in [2.45, 2.75) is 30.7 Å².